The SMILES string of the molecule is CCCc1nnc(NC(=O)CCCCCN2C(=O)[C@@H]3[C@H](C2=O)[C@H]2C=C[C@H]3C2)s1. The molecule has 1 aromatic heterocycles. The van der Waals surface area contributed by atoms with Crippen molar-refractivity contribution in [3.8, 4) is 0 Å². The summed E-state index contributed by atoms with van der Waals surface area (Å²) in [5.74, 6) is 0.268. The van der Waals surface area contributed by atoms with Gasteiger partial charge in [0.25, 0.3) is 0 Å². The van der Waals surface area contributed by atoms with Crippen molar-refractivity contribution in [1.82, 2.24) is 15.1 Å². The summed E-state index contributed by atoms with van der Waals surface area (Å²) in [7, 11) is 0. The van der Waals surface area contributed by atoms with Gasteiger partial charge in [0, 0.05) is 19.4 Å². The molecule has 0 radical (unpaired) electrons. The molecule has 28 heavy (non-hydrogen) atoms. The van der Waals surface area contributed by atoms with Crippen LogP contribution >= 0.6 is 11.3 Å². The largest absolute Gasteiger partial charge is 0.301 e. The van der Waals surface area contributed by atoms with E-state index in [9.17, 15) is 14.4 Å². The van der Waals surface area contributed by atoms with E-state index in [1.807, 2.05) is 0 Å². The highest BCUT2D eigenvalue weighted by atomic mass is 32.1. The van der Waals surface area contributed by atoms with Crippen molar-refractivity contribution in [2.75, 3.05) is 11.9 Å². The summed E-state index contributed by atoms with van der Waals surface area (Å²) in [5.41, 5.74) is 0. The van der Waals surface area contributed by atoms with Gasteiger partial charge in [-0.15, -0.1) is 10.2 Å². The first-order chi connectivity index (χ1) is 13.6. The number of imide groups is 1. The molecular weight excluding hydrogens is 376 g/mol. The number of hydrogen-bond donors (Lipinski definition) is 1. The van der Waals surface area contributed by atoms with E-state index in [1.54, 1.807) is 0 Å². The van der Waals surface area contributed by atoms with Crippen molar-refractivity contribution in [2.45, 2.75) is 51.9 Å². The number of likely N-dealkylation sites (tertiary alicyclic amines) is 1. The first-order valence-corrected chi connectivity index (χ1v) is 11.1. The molecule has 1 aliphatic heterocycles. The molecule has 150 valence electrons. The molecule has 7 nitrogen and oxygen atoms in total. The van der Waals surface area contributed by atoms with E-state index in [2.05, 4.69) is 34.6 Å². The molecule has 3 aliphatic rings. The van der Waals surface area contributed by atoms with Gasteiger partial charge in [-0.05, 0) is 37.5 Å². The Kier molecular flexibility index (Phi) is 5.57. The monoisotopic (exact) mass is 402 g/mol. The van der Waals surface area contributed by atoms with Crippen molar-refractivity contribution in [2.24, 2.45) is 23.7 Å². The summed E-state index contributed by atoms with van der Waals surface area (Å²) in [6.07, 6.45) is 9.75. The molecule has 2 fully saturated rings. The number of hydrogen-bond acceptors (Lipinski definition) is 6. The van der Waals surface area contributed by atoms with Gasteiger partial charge in [0.1, 0.15) is 5.01 Å². The van der Waals surface area contributed by atoms with Crippen LogP contribution in [0.5, 0.6) is 0 Å². The number of carbonyl (C=O) groups is 3. The number of nitrogens with zero attached hydrogens (tertiary/aromatic N) is 3. The topological polar surface area (TPSA) is 92.3 Å². The number of aryl methyl sites for hydroxylation is 1. The third kappa shape index (κ3) is 3.62. The van der Waals surface area contributed by atoms with Crippen LogP contribution < -0.4 is 5.32 Å². The van der Waals surface area contributed by atoms with Crippen molar-refractivity contribution < 1.29 is 14.4 Å². The average molecular weight is 403 g/mol. The zero-order chi connectivity index (χ0) is 19.7. The number of amides is 3. The molecule has 1 N–H and O–H groups in total. The van der Waals surface area contributed by atoms with Gasteiger partial charge in [-0.25, -0.2) is 0 Å². The zero-order valence-electron chi connectivity index (χ0n) is 16.1. The van der Waals surface area contributed by atoms with E-state index >= 15 is 0 Å². The Morgan fingerprint density at radius 3 is 2.54 bits per heavy atom. The highest BCUT2D eigenvalue weighted by Crippen LogP contribution is 2.52. The summed E-state index contributed by atoms with van der Waals surface area (Å²) in [5, 5.41) is 12.3. The first-order valence-electron chi connectivity index (χ1n) is 10.2. The average Bonchev–Trinajstić information content (AvgIpc) is 3.43. The van der Waals surface area contributed by atoms with Gasteiger partial charge >= 0.3 is 0 Å². The highest BCUT2D eigenvalue weighted by Gasteiger charge is 2.58. The Bertz CT molecular complexity index is 775. The predicted molar refractivity (Wildman–Crippen MR) is 105 cm³/mol. The second-order valence-electron chi connectivity index (χ2n) is 7.94. The van der Waals surface area contributed by atoms with Crippen molar-refractivity contribution in [3.63, 3.8) is 0 Å². The van der Waals surface area contributed by atoms with Gasteiger partial charge in [0.2, 0.25) is 22.9 Å². The van der Waals surface area contributed by atoms with E-state index in [1.165, 1.54) is 16.2 Å². The Balaban J connectivity index is 1.16. The Hall–Kier alpha value is -2.09. The maximum Gasteiger partial charge on any atom is 0.233 e. The van der Waals surface area contributed by atoms with Crippen LogP contribution in [0.25, 0.3) is 0 Å². The van der Waals surface area contributed by atoms with Gasteiger partial charge in [0.05, 0.1) is 11.8 Å². The third-order valence-corrected chi connectivity index (χ3v) is 6.92. The summed E-state index contributed by atoms with van der Waals surface area (Å²) >= 11 is 1.42. The van der Waals surface area contributed by atoms with E-state index in [-0.39, 0.29) is 41.4 Å². The molecule has 1 saturated heterocycles. The number of unbranched alkanes of at least 4 members (excludes halogenated alkanes) is 2. The molecule has 2 aliphatic carbocycles. The number of fused-ring (bicyclic) bond motifs is 5. The second-order valence-corrected chi connectivity index (χ2v) is 9.00. The molecule has 2 bridgehead atoms. The van der Waals surface area contributed by atoms with E-state index < -0.39 is 0 Å². The zero-order valence-corrected chi connectivity index (χ0v) is 16.9. The number of anilines is 1. The standard InChI is InChI=1S/C20H26N4O3S/c1-2-6-15-22-23-20(28-15)21-14(25)7-4-3-5-10-24-18(26)16-12-8-9-13(11-12)17(16)19(24)27/h8-9,12-13,16-17H,2-7,10-11H2,1H3,(H,21,23,25)/t12-,13-,16-,17+/m0/s1. The van der Waals surface area contributed by atoms with Gasteiger partial charge in [-0.1, -0.05) is 36.8 Å². The minimum Gasteiger partial charge on any atom is -0.301 e. The molecule has 0 spiro atoms. The fraction of sp³-hybridized carbons (Fsp3) is 0.650. The Morgan fingerprint density at radius 1 is 1.14 bits per heavy atom. The molecular formula is C20H26N4O3S. The molecule has 2 heterocycles. The van der Waals surface area contributed by atoms with Crippen LogP contribution in [0.3, 0.4) is 0 Å². The molecule has 4 rings (SSSR count). The number of rotatable bonds is 9. The number of aromatic nitrogens is 2. The van der Waals surface area contributed by atoms with Crippen molar-refractivity contribution >= 4 is 34.2 Å². The molecule has 1 saturated carbocycles. The van der Waals surface area contributed by atoms with Crippen LogP contribution in [0, 0.1) is 23.7 Å². The number of nitrogens with one attached hydrogen (secondary N) is 1. The van der Waals surface area contributed by atoms with Crippen LogP contribution in [0.1, 0.15) is 50.5 Å². The van der Waals surface area contributed by atoms with Crippen LogP contribution in [-0.2, 0) is 20.8 Å². The van der Waals surface area contributed by atoms with E-state index in [0.717, 1.165) is 43.5 Å². The maximum atomic E-state index is 12.6. The van der Waals surface area contributed by atoms with Crippen LogP contribution in [0.15, 0.2) is 12.2 Å². The van der Waals surface area contributed by atoms with Crippen molar-refractivity contribution in [3.05, 3.63) is 17.2 Å². The minimum atomic E-state index is -0.113. The molecule has 0 unspecified atom stereocenters. The summed E-state index contributed by atoms with van der Waals surface area (Å²) in [6, 6.07) is 0. The van der Waals surface area contributed by atoms with Gasteiger partial charge < -0.3 is 5.32 Å². The van der Waals surface area contributed by atoms with Crippen LogP contribution in [0.4, 0.5) is 5.13 Å². The molecule has 1 aromatic rings. The lowest BCUT2D eigenvalue weighted by Crippen LogP contribution is -2.33. The summed E-state index contributed by atoms with van der Waals surface area (Å²) in [6.45, 7) is 2.55. The number of allylic oxidation sites excluding steroid dienone is 2. The van der Waals surface area contributed by atoms with Crippen LogP contribution in [0.2, 0.25) is 0 Å². The lowest BCUT2D eigenvalue weighted by molar-refractivity contribution is -0.140. The van der Waals surface area contributed by atoms with E-state index in [0.29, 0.717) is 18.1 Å². The quantitative estimate of drug-likeness (QED) is 0.389. The molecule has 8 heteroatoms. The molecule has 0 aromatic carbocycles. The third-order valence-electron chi connectivity index (χ3n) is 6.02. The predicted octanol–water partition coefficient (Wildman–Crippen LogP) is 2.80. The van der Waals surface area contributed by atoms with Crippen LogP contribution in [-0.4, -0.2) is 39.4 Å². The number of carbonyl (C=O) groups excluding carboxylic acids is 3. The fourth-order valence-corrected chi connectivity index (χ4v) is 5.58. The first kappa shape index (κ1) is 19.2. The minimum absolute atomic E-state index is 0.0174. The van der Waals surface area contributed by atoms with Gasteiger partial charge in [0.15, 0.2) is 0 Å². The maximum absolute atomic E-state index is 12.6. The second kappa shape index (κ2) is 8.11. The fourth-order valence-electron chi connectivity index (χ4n) is 4.72. The Morgan fingerprint density at radius 2 is 1.86 bits per heavy atom. The molecule has 4 atom stereocenters. The summed E-state index contributed by atoms with van der Waals surface area (Å²) < 4.78 is 0. The van der Waals surface area contributed by atoms with E-state index in [4.69, 9.17) is 0 Å². The molecule has 3 amide bonds. The lowest BCUT2D eigenvalue weighted by Gasteiger charge is -2.16. The smallest absolute Gasteiger partial charge is 0.233 e. The highest BCUT2D eigenvalue weighted by molar-refractivity contribution is 7.15. The summed E-state index contributed by atoms with van der Waals surface area (Å²) in [4.78, 5) is 38.7. The lowest BCUT2D eigenvalue weighted by atomic mass is 9.85. The van der Waals surface area contributed by atoms with Gasteiger partial charge in [-0.3, -0.25) is 19.3 Å². The normalized spacial score (nSPS) is 27.7. The Labute approximate surface area is 168 Å². The van der Waals surface area contributed by atoms with Gasteiger partial charge in [-0.2, -0.15) is 0 Å². The van der Waals surface area contributed by atoms with Crippen molar-refractivity contribution in [1.29, 1.82) is 0 Å².